The van der Waals surface area contributed by atoms with Crippen molar-refractivity contribution < 1.29 is 4.79 Å². The molecule has 3 nitrogen and oxygen atoms in total. The van der Waals surface area contributed by atoms with Gasteiger partial charge in [-0.25, -0.2) is 0 Å². The van der Waals surface area contributed by atoms with Crippen LogP contribution in [0.1, 0.15) is 59.8 Å². The average Bonchev–Trinajstić information content (AvgIpc) is 2.86. The summed E-state index contributed by atoms with van der Waals surface area (Å²) in [6, 6.07) is 0.310. The Hall–Kier alpha value is -0.570. The molecule has 0 aromatic heterocycles. The van der Waals surface area contributed by atoms with E-state index in [2.05, 4.69) is 32.6 Å². The molecule has 2 aliphatic rings. The molecule has 2 N–H and O–H groups in total. The van der Waals surface area contributed by atoms with E-state index in [1.807, 2.05) is 0 Å². The predicted octanol–water partition coefficient (Wildman–Crippen LogP) is 3.03. The Morgan fingerprint density at radius 1 is 1.25 bits per heavy atom. The lowest BCUT2D eigenvalue weighted by molar-refractivity contribution is -0.136. The smallest absolute Gasteiger partial charge is 0.225 e. The monoisotopic (exact) mass is 280 g/mol. The number of carbonyl (C=O) groups is 1. The minimum atomic E-state index is 0.153. The van der Waals surface area contributed by atoms with Crippen molar-refractivity contribution >= 4 is 5.91 Å². The maximum Gasteiger partial charge on any atom is 0.225 e. The zero-order chi connectivity index (χ0) is 14.9. The van der Waals surface area contributed by atoms with E-state index >= 15 is 0 Å². The van der Waals surface area contributed by atoms with Gasteiger partial charge in [-0.3, -0.25) is 4.79 Å². The molecular weight excluding hydrogens is 248 g/mol. The molecule has 4 unspecified atom stereocenters. The molecule has 0 aromatic carbocycles. The molecule has 1 aliphatic carbocycles. The van der Waals surface area contributed by atoms with Gasteiger partial charge < -0.3 is 10.6 Å². The van der Waals surface area contributed by atoms with Gasteiger partial charge in [-0.15, -0.1) is 0 Å². The highest BCUT2D eigenvalue weighted by atomic mass is 16.2. The van der Waals surface area contributed by atoms with Crippen molar-refractivity contribution in [2.75, 3.05) is 13.1 Å². The molecular formula is C17H32N2O. The molecule has 0 bridgehead atoms. The lowest BCUT2D eigenvalue weighted by Crippen LogP contribution is -2.40. The Kier molecular flexibility index (Phi) is 4.78. The maximum atomic E-state index is 12.7. The van der Waals surface area contributed by atoms with E-state index in [1.165, 1.54) is 12.8 Å². The summed E-state index contributed by atoms with van der Waals surface area (Å²) in [6.45, 7) is 10.9. The van der Waals surface area contributed by atoms with Gasteiger partial charge in [0.25, 0.3) is 0 Å². The molecule has 2 rings (SSSR count). The Morgan fingerprint density at radius 3 is 2.50 bits per heavy atom. The molecule has 1 aliphatic heterocycles. The third-order valence-corrected chi connectivity index (χ3v) is 5.58. The van der Waals surface area contributed by atoms with Gasteiger partial charge >= 0.3 is 0 Å². The summed E-state index contributed by atoms with van der Waals surface area (Å²) in [6.07, 6.45) is 5.69. The van der Waals surface area contributed by atoms with Gasteiger partial charge in [0.1, 0.15) is 0 Å². The molecule has 0 aromatic rings. The second-order valence-corrected chi connectivity index (χ2v) is 8.11. The van der Waals surface area contributed by atoms with Crippen molar-refractivity contribution in [3.05, 3.63) is 0 Å². The summed E-state index contributed by atoms with van der Waals surface area (Å²) in [4.78, 5) is 14.8. The predicted molar refractivity (Wildman–Crippen MR) is 83.2 cm³/mol. The second kappa shape index (κ2) is 6.05. The normalized spacial score (nSPS) is 33.2. The molecule has 0 radical (unpaired) electrons. The molecule has 116 valence electrons. The lowest BCUT2D eigenvalue weighted by atomic mass is 9.78. The molecule has 0 spiro atoms. The third-order valence-electron chi connectivity index (χ3n) is 5.58. The second-order valence-electron chi connectivity index (χ2n) is 8.11. The minimum Gasteiger partial charge on any atom is -0.342 e. The Morgan fingerprint density at radius 2 is 1.95 bits per heavy atom. The van der Waals surface area contributed by atoms with Crippen LogP contribution >= 0.6 is 0 Å². The van der Waals surface area contributed by atoms with Crippen molar-refractivity contribution in [3.8, 4) is 0 Å². The largest absolute Gasteiger partial charge is 0.342 e. The van der Waals surface area contributed by atoms with Crippen LogP contribution in [-0.4, -0.2) is 29.9 Å². The van der Waals surface area contributed by atoms with Crippen molar-refractivity contribution in [3.63, 3.8) is 0 Å². The number of hydrogen-bond acceptors (Lipinski definition) is 2. The summed E-state index contributed by atoms with van der Waals surface area (Å²) in [7, 11) is 0. The van der Waals surface area contributed by atoms with Crippen LogP contribution in [0.2, 0.25) is 0 Å². The van der Waals surface area contributed by atoms with Crippen LogP contribution in [0.4, 0.5) is 0 Å². The first-order valence-corrected chi connectivity index (χ1v) is 8.33. The number of carbonyl (C=O) groups excluding carboxylic acids is 1. The van der Waals surface area contributed by atoms with Crippen LogP contribution in [0.15, 0.2) is 0 Å². The van der Waals surface area contributed by atoms with Crippen molar-refractivity contribution in [2.45, 2.75) is 65.8 Å². The number of amides is 1. The zero-order valence-corrected chi connectivity index (χ0v) is 13.7. The molecule has 20 heavy (non-hydrogen) atoms. The summed E-state index contributed by atoms with van der Waals surface area (Å²) in [5, 5.41) is 0. The maximum absolute atomic E-state index is 12.7. The first kappa shape index (κ1) is 15.8. The SMILES string of the molecule is CC(C(=O)N1CCC(C(C)(C)C)C1)C1CCCC(N)C1. The molecule has 3 heteroatoms. The molecule has 1 amide bonds. The molecule has 1 heterocycles. The van der Waals surface area contributed by atoms with E-state index in [4.69, 9.17) is 5.73 Å². The quantitative estimate of drug-likeness (QED) is 0.845. The Bertz CT molecular complexity index is 347. The van der Waals surface area contributed by atoms with Crippen LogP contribution in [0.25, 0.3) is 0 Å². The number of likely N-dealkylation sites (tertiary alicyclic amines) is 1. The summed E-state index contributed by atoms with van der Waals surface area (Å²) >= 11 is 0. The fraction of sp³-hybridized carbons (Fsp3) is 0.941. The molecule has 1 saturated heterocycles. The van der Waals surface area contributed by atoms with Gasteiger partial charge in [-0.2, -0.15) is 0 Å². The van der Waals surface area contributed by atoms with Gasteiger partial charge in [-0.1, -0.05) is 34.1 Å². The molecule has 2 fully saturated rings. The number of hydrogen-bond donors (Lipinski definition) is 1. The van der Waals surface area contributed by atoms with Gasteiger partial charge in [0, 0.05) is 25.0 Å². The van der Waals surface area contributed by atoms with Crippen LogP contribution < -0.4 is 5.73 Å². The van der Waals surface area contributed by atoms with E-state index in [1.54, 1.807) is 0 Å². The standard InChI is InChI=1S/C17H32N2O/c1-12(13-6-5-7-15(18)10-13)16(20)19-9-8-14(11-19)17(2,3)4/h12-15H,5-11,18H2,1-4H3. The summed E-state index contributed by atoms with van der Waals surface area (Å²) in [5.74, 6) is 1.67. The third kappa shape index (κ3) is 3.55. The van der Waals surface area contributed by atoms with E-state index in [-0.39, 0.29) is 5.92 Å². The van der Waals surface area contributed by atoms with E-state index in [0.717, 1.165) is 32.4 Å². The van der Waals surface area contributed by atoms with E-state index in [0.29, 0.717) is 29.2 Å². The van der Waals surface area contributed by atoms with Crippen molar-refractivity contribution in [2.24, 2.45) is 28.9 Å². The van der Waals surface area contributed by atoms with Crippen molar-refractivity contribution in [1.29, 1.82) is 0 Å². The fourth-order valence-electron chi connectivity index (χ4n) is 3.88. The van der Waals surface area contributed by atoms with Crippen LogP contribution in [0, 0.1) is 23.2 Å². The highest BCUT2D eigenvalue weighted by Gasteiger charge is 2.37. The summed E-state index contributed by atoms with van der Waals surface area (Å²) < 4.78 is 0. The van der Waals surface area contributed by atoms with E-state index < -0.39 is 0 Å². The highest BCUT2D eigenvalue weighted by Crippen LogP contribution is 2.36. The first-order valence-electron chi connectivity index (χ1n) is 8.33. The number of rotatable bonds is 2. The summed E-state index contributed by atoms with van der Waals surface area (Å²) in [5.41, 5.74) is 6.38. The van der Waals surface area contributed by atoms with Gasteiger partial charge in [0.05, 0.1) is 0 Å². The van der Waals surface area contributed by atoms with Crippen LogP contribution in [0.5, 0.6) is 0 Å². The van der Waals surface area contributed by atoms with Crippen LogP contribution in [-0.2, 0) is 4.79 Å². The molecule has 1 saturated carbocycles. The van der Waals surface area contributed by atoms with E-state index in [9.17, 15) is 4.79 Å². The first-order chi connectivity index (χ1) is 9.29. The topological polar surface area (TPSA) is 46.3 Å². The Labute approximate surface area is 124 Å². The van der Waals surface area contributed by atoms with Crippen molar-refractivity contribution in [1.82, 2.24) is 4.90 Å². The number of nitrogens with two attached hydrogens (primary N) is 1. The highest BCUT2D eigenvalue weighted by molar-refractivity contribution is 5.79. The van der Waals surface area contributed by atoms with Crippen LogP contribution in [0.3, 0.4) is 0 Å². The van der Waals surface area contributed by atoms with Gasteiger partial charge in [0.2, 0.25) is 5.91 Å². The van der Waals surface area contributed by atoms with Gasteiger partial charge in [0.15, 0.2) is 0 Å². The van der Waals surface area contributed by atoms with Gasteiger partial charge in [-0.05, 0) is 42.9 Å². The zero-order valence-electron chi connectivity index (χ0n) is 13.7. The minimum absolute atomic E-state index is 0.153. The molecule has 4 atom stereocenters. The lowest BCUT2D eigenvalue weighted by Gasteiger charge is -2.33. The Balaban J connectivity index is 1.91. The average molecular weight is 280 g/mol. The number of nitrogens with zero attached hydrogens (tertiary/aromatic N) is 1. The fourth-order valence-corrected chi connectivity index (χ4v) is 3.88.